The van der Waals surface area contributed by atoms with Crippen molar-refractivity contribution in [2.24, 2.45) is 5.92 Å². The molecule has 0 spiro atoms. The van der Waals surface area contributed by atoms with Crippen molar-refractivity contribution in [2.75, 3.05) is 10.6 Å². The Bertz CT molecular complexity index is 975. The van der Waals surface area contributed by atoms with Crippen LogP contribution >= 0.6 is 23.2 Å². The summed E-state index contributed by atoms with van der Waals surface area (Å²) < 4.78 is 1.72. The number of hydrogen-bond acceptors (Lipinski definition) is 4. The van der Waals surface area contributed by atoms with E-state index in [1.807, 2.05) is 43.3 Å². The van der Waals surface area contributed by atoms with Crippen LogP contribution in [0, 0.1) is 5.92 Å². The average Bonchev–Trinajstić information content (AvgIpc) is 3.11. The lowest BCUT2D eigenvalue weighted by Crippen LogP contribution is -2.46. The Hall–Kier alpha value is -2.57. The Balaban J connectivity index is 1.75. The van der Waals surface area contributed by atoms with Crippen LogP contribution in [0.25, 0.3) is 0 Å². The maximum absolute atomic E-state index is 13.2. The molecule has 1 aromatic heterocycles. The van der Waals surface area contributed by atoms with E-state index >= 15 is 0 Å². The number of carbonyl (C=O) groups excluding carboxylic acids is 1. The van der Waals surface area contributed by atoms with Crippen LogP contribution in [-0.4, -0.2) is 26.7 Å². The molecule has 0 aliphatic carbocycles. The Morgan fingerprint density at radius 1 is 1.15 bits per heavy atom. The molecule has 2 aromatic carbocycles. The minimum atomic E-state index is -0.434. The van der Waals surface area contributed by atoms with Crippen molar-refractivity contribution in [3.8, 4) is 0 Å². The predicted molar refractivity (Wildman–Crippen MR) is 106 cm³/mol. The fourth-order valence-electron chi connectivity index (χ4n) is 3.44. The van der Waals surface area contributed by atoms with Crippen molar-refractivity contribution in [3.63, 3.8) is 0 Å². The Labute approximate surface area is 166 Å². The second kappa shape index (κ2) is 7.21. The summed E-state index contributed by atoms with van der Waals surface area (Å²) >= 11 is 12.3. The quantitative estimate of drug-likeness (QED) is 0.688. The normalized spacial score (nSPS) is 21.2. The minimum absolute atomic E-state index is 0.113. The summed E-state index contributed by atoms with van der Waals surface area (Å²) in [4.78, 5) is 17.4. The van der Waals surface area contributed by atoms with Crippen molar-refractivity contribution in [1.82, 2.24) is 14.8 Å². The molecule has 0 radical (unpaired) electrons. The van der Waals surface area contributed by atoms with Gasteiger partial charge in [0, 0.05) is 11.7 Å². The summed E-state index contributed by atoms with van der Waals surface area (Å²) in [6.45, 7) is 1.96. The van der Waals surface area contributed by atoms with Gasteiger partial charge < -0.3 is 10.6 Å². The number of aromatic nitrogens is 3. The zero-order valence-corrected chi connectivity index (χ0v) is 15.9. The van der Waals surface area contributed by atoms with E-state index in [-0.39, 0.29) is 18.0 Å². The van der Waals surface area contributed by atoms with Gasteiger partial charge in [0.25, 0.3) is 0 Å². The van der Waals surface area contributed by atoms with Crippen molar-refractivity contribution < 1.29 is 4.79 Å². The molecular weight excluding hydrogens is 385 g/mol. The van der Waals surface area contributed by atoms with Gasteiger partial charge in [-0.05, 0) is 36.8 Å². The molecule has 4 rings (SSSR count). The molecule has 1 aliphatic rings. The smallest absolute Gasteiger partial charge is 0.232 e. The lowest BCUT2D eigenvalue weighted by molar-refractivity contribution is -0.121. The van der Waals surface area contributed by atoms with Gasteiger partial charge in [-0.3, -0.25) is 4.79 Å². The zero-order valence-electron chi connectivity index (χ0n) is 14.4. The number of benzene rings is 2. The van der Waals surface area contributed by atoms with E-state index in [4.69, 9.17) is 23.2 Å². The fraction of sp³-hybridized carbons (Fsp3) is 0.211. The molecule has 138 valence electrons. The number of rotatable bonds is 3. The number of halogens is 2. The number of carbonyl (C=O) groups is 1. The second-order valence-electron chi connectivity index (χ2n) is 6.46. The molecule has 3 aromatic rings. The summed E-state index contributed by atoms with van der Waals surface area (Å²) in [5, 5.41) is 11.5. The van der Waals surface area contributed by atoms with E-state index in [0.717, 1.165) is 11.3 Å². The molecule has 8 heteroatoms. The predicted octanol–water partition coefficient (Wildman–Crippen LogP) is 4.24. The average molecular weight is 402 g/mol. The van der Waals surface area contributed by atoms with Crippen LogP contribution < -0.4 is 10.6 Å². The molecule has 3 atom stereocenters. The third kappa shape index (κ3) is 3.38. The Morgan fingerprint density at radius 3 is 2.67 bits per heavy atom. The molecule has 6 nitrogen and oxygen atoms in total. The van der Waals surface area contributed by atoms with Crippen LogP contribution in [-0.2, 0) is 4.79 Å². The van der Waals surface area contributed by atoms with E-state index in [9.17, 15) is 4.79 Å². The van der Waals surface area contributed by atoms with Crippen LogP contribution in [0.3, 0.4) is 0 Å². The highest BCUT2D eigenvalue weighted by Gasteiger charge is 2.41. The van der Waals surface area contributed by atoms with Gasteiger partial charge in [0.2, 0.25) is 11.9 Å². The van der Waals surface area contributed by atoms with Crippen molar-refractivity contribution in [2.45, 2.75) is 19.0 Å². The topological polar surface area (TPSA) is 71.8 Å². The van der Waals surface area contributed by atoms with Gasteiger partial charge in [-0.25, -0.2) is 4.68 Å². The van der Waals surface area contributed by atoms with Crippen molar-refractivity contribution in [3.05, 3.63) is 70.5 Å². The number of hydrogen-bond donors (Lipinski definition) is 2. The van der Waals surface area contributed by atoms with Crippen LogP contribution in [0.15, 0.2) is 54.9 Å². The summed E-state index contributed by atoms with van der Waals surface area (Å²) in [6, 6.07) is 14.2. The highest BCUT2D eigenvalue weighted by Crippen LogP contribution is 2.38. The number of amides is 1. The standard InChI is InChI=1S/C19H17Cl2N5O/c1-11-16(18(27)25-13-5-3-2-4-6-13)17(26-19(24-11)22-10-23-26)12-7-8-14(20)15(21)9-12/h2-11,16-17H,1H3,(H,25,27)(H,22,23,24). The molecule has 0 bridgehead atoms. The van der Waals surface area contributed by atoms with Crippen LogP contribution in [0.1, 0.15) is 18.5 Å². The molecule has 27 heavy (non-hydrogen) atoms. The highest BCUT2D eigenvalue weighted by atomic mass is 35.5. The third-order valence-corrected chi connectivity index (χ3v) is 5.44. The van der Waals surface area contributed by atoms with E-state index in [0.29, 0.717) is 16.0 Å². The van der Waals surface area contributed by atoms with Crippen LogP contribution in [0.2, 0.25) is 10.0 Å². The van der Waals surface area contributed by atoms with Gasteiger partial charge in [-0.1, -0.05) is 47.5 Å². The molecule has 3 unspecified atom stereocenters. The molecular formula is C19H17Cl2N5O. The first-order chi connectivity index (χ1) is 13.0. The summed E-state index contributed by atoms with van der Waals surface area (Å²) in [5.74, 6) is 0.0670. The summed E-state index contributed by atoms with van der Waals surface area (Å²) in [5.41, 5.74) is 1.59. The van der Waals surface area contributed by atoms with Gasteiger partial charge in [0.05, 0.1) is 22.0 Å². The first kappa shape index (κ1) is 17.8. The molecule has 0 saturated heterocycles. The number of para-hydroxylation sites is 1. The van der Waals surface area contributed by atoms with E-state index in [2.05, 4.69) is 20.7 Å². The Kier molecular flexibility index (Phi) is 4.76. The molecule has 1 aliphatic heterocycles. The van der Waals surface area contributed by atoms with E-state index < -0.39 is 5.92 Å². The number of fused-ring (bicyclic) bond motifs is 1. The van der Waals surface area contributed by atoms with Crippen LogP contribution in [0.4, 0.5) is 11.6 Å². The minimum Gasteiger partial charge on any atom is -0.351 e. The monoisotopic (exact) mass is 401 g/mol. The number of anilines is 2. The highest BCUT2D eigenvalue weighted by molar-refractivity contribution is 6.42. The van der Waals surface area contributed by atoms with Gasteiger partial charge in [-0.2, -0.15) is 10.1 Å². The SMILES string of the molecule is CC1Nc2ncnn2C(c2ccc(Cl)c(Cl)c2)C1C(=O)Nc1ccccc1. The molecule has 0 fully saturated rings. The first-order valence-electron chi connectivity index (χ1n) is 8.51. The zero-order chi connectivity index (χ0) is 19.0. The largest absolute Gasteiger partial charge is 0.351 e. The fourth-order valence-corrected chi connectivity index (χ4v) is 3.74. The lowest BCUT2D eigenvalue weighted by atomic mass is 9.85. The molecule has 0 saturated carbocycles. The lowest BCUT2D eigenvalue weighted by Gasteiger charge is -2.37. The van der Waals surface area contributed by atoms with Gasteiger partial charge >= 0.3 is 0 Å². The van der Waals surface area contributed by atoms with Gasteiger partial charge in [0.15, 0.2) is 0 Å². The van der Waals surface area contributed by atoms with E-state index in [1.165, 1.54) is 6.33 Å². The Morgan fingerprint density at radius 2 is 1.93 bits per heavy atom. The summed E-state index contributed by atoms with van der Waals surface area (Å²) in [6.07, 6.45) is 1.47. The number of nitrogens with zero attached hydrogens (tertiary/aromatic N) is 3. The number of nitrogens with one attached hydrogen (secondary N) is 2. The first-order valence-corrected chi connectivity index (χ1v) is 9.27. The second-order valence-corrected chi connectivity index (χ2v) is 7.28. The van der Waals surface area contributed by atoms with Crippen LogP contribution in [0.5, 0.6) is 0 Å². The van der Waals surface area contributed by atoms with Gasteiger partial charge in [0.1, 0.15) is 6.33 Å². The van der Waals surface area contributed by atoms with Gasteiger partial charge in [-0.15, -0.1) is 0 Å². The molecule has 2 N–H and O–H groups in total. The van der Waals surface area contributed by atoms with Crippen molar-refractivity contribution >= 4 is 40.7 Å². The molecule has 1 amide bonds. The van der Waals surface area contributed by atoms with Crippen molar-refractivity contribution in [1.29, 1.82) is 0 Å². The summed E-state index contributed by atoms with van der Waals surface area (Å²) in [7, 11) is 0. The van der Waals surface area contributed by atoms with E-state index in [1.54, 1.807) is 16.8 Å². The third-order valence-electron chi connectivity index (χ3n) is 4.70. The maximum Gasteiger partial charge on any atom is 0.232 e. The molecule has 2 heterocycles. The maximum atomic E-state index is 13.2.